The lowest BCUT2D eigenvalue weighted by atomic mass is 10.1. The maximum atomic E-state index is 12.9. The molecule has 0 saturated heterocycles. The van der Waals surface area contributed by atoms with E-state index in [1.54, 1.807) is 25.3 Å². The van der Waals surface area contributed by atoms with E-state index in [4.69, 9.17) is 9.47 Å². The second-order valence-electron chi connectivity index (χ2n) is 6.77. The van der Waals surface area contributed by atoms with Crippen LogP contribution in [0.15, 0.2) is 47.6 Å². The number of aromatic nitrogens is 3. The summed E-state index contributed by atoms with van der Waals surface area (Å²) in [5.41, 5.74) is 1.91. The molecule has 1 aliphatic rings. The molecule has 8 nitrogen and oxygen atoms in total. The van der Waals surface area contributed by atoms with Crippen molar-refractivity contribution in [1.29, 1.82) is 0 Å². The van der Waals surface area contributed by atoms with Crippen LogP contribution in [0.4, 0.5) is 5.69 Å². The standard InChI is InChI=1S/C21H20N4O4S/c1-12(19(27)14-6-9-17-16(10-14)22-18(26)11-29-17)30-21-24-23-20(25(21)2)13-4-7-15(28-3)8-5-13/h4-10,12H,11H2,1-3H3,(H,22,26). The Kier molecular flexibility index (Phi) is 5.45. The lowest BCUT2D eigenvalue weighted by molar-refractivity contribution is -0.118. The Morgan fingerprint density at radius 2 is 2.00 bits per heavy atom. The highest BCUT2D eigenvalue weighted by atomic mass is 32.2. The second kappa shape index (κ2) is 8.19. The van der Waals surface area contributed by atoms with Crippen molar-refractivity contribution in [3.63, 3.8) is 0 Å². The highest BCUT2D eigenvalue weighted by Crippen LogP contribution is 2.32. The molecule has 3 aromatic rings. The molecule has 1 aromatic heterocycles. The Balaban J connectivity index is 1.50. The van der Waals surface area contributed by atoms with Gasteiger partial charge in [-0.15, -0.1) is 10.2 Å². The van der Waals surface area contributed by atoms with Crippen molar-refractivity contribution in [1.82, 2.24) is 14.8 Å². The molecule has 2 aromatic carbocycles. The number of rotatable bonds is 6. The number of ketones is 1. The first-order valence-electron chi connectivity index (χ1n) is 9.27. The predicted octanol–water partition coefficient (Wildman–Crippen LogP) is 3.19. The van der Waals surface area contributed by atoms with Crippen LogP contribution in [-0.4, -0.2) is 45.4 Å². The van der Waals surface area contributed by atoms with E-state index in [2.05, 4.69) is 15.5 Å². The predicted molar refractivity (Wildman–Crippen MR) is 113 cm³/mol. The maximum Gasteiger partial charge on any atom is 0.262 e. The van der Waals surface area contributed by atoms with Gasteiger partial charge in [0.2, 0.25) is 0 Å². The van der Waals surface area contributed by atoms with E-state index in [0.717, 1.165) is 11.3 Å². The molecule has 0 fully saturated rings. The number of benzene rings is 2. The Bertz CT molecular complexity index is 1110. The first-order valence-corrected chi connectivity index (χ1v) is 10.2. The zero-order chi connectivity index (χ0) is 21.3. The third kappa shape index (κ3) is 3.88. The zero-order valence-corrected chi connectivity index (χ0v) is 17.5. The number of carbonyl (C=O) groups is 2. The summed E-state index contributed by atoms with van der Waals surface area (Å²) in [7, 11) is 3.48. The lowest BCUT2D eigenvalue weighted by Crippen LogP contribution is -2.25. The van der Waals surface area contributed by atoms with Crippen LogP contribution in [0.3, 0.4) is 0 Å². The number of thioether (sulfide) groups is 1. The molecule has 0 aliphatic carbocycles. The Hall–Kier alpha value is -3.33. The van der Waals surface area contributed by atoms with Crippen LogP contribution in [0, 0.1) is 0 Å². The highest BCUT2D eigenvalue weighted by molar-refractivity contribution is 8.00. The number of nitrogens with one attached hydrogen (secondary N) is 1. The Morgan fingerprint density at radius 3 is 2.73 bits per heavy atom. The average Bonchev–Trinajstić information content (AvgIpc) is 3.12. The van der Waals surface area contributed by atoms with Gasteiger partial charge in [-0.05, 0) is 49.4 Å². The van der Waals surface area contributed by atoms with Crippen molar-refractivity contribution in [3.8, 4) is 22.9 Å². The Morgan fingerprint density at radius 1 is 1.23 bits per heavy atom. The molecule has 0 spiro atoms. The minimum atomic E-state index is -0.394. The van der Waals surface area contributed by atoms with Crippen LogP contribution in [0.2, 0.25) is 0 Å². The molecular formula is C21H20N4O4S. The number of ether oxygens (including phenoxy) is 2. The fourth-order valence-electron chi connectivity index (χ4n) is 3.09. The van der Waals surface area contributed by atoms with Gasteiger partial charge in [-0.3, -0.25) is 9.59 Å². The summed E-state index contributed by atoms with van der Waals surface area (Å²) in [5, 5.41) is 11.5. The molecule has 1 unspecified atom stereocenters. The summed E-state index contributed by atoms with van der Waals surface area (Å²) in [6.07, 6.45) is 0. The van der Waals surface area contributed by atoms with Crippen LogP contribution >= 0.6 is 11.8 Å². The number of anilines is 1. The number of methoxy groups -OCH3 is 1. The molecule has 0 radical (unpaired) electrons. The van der Waals surface area contributed by atoms with E-state index >= 15 is 0 Å². The first-order chi connectivity index (χ1) is 14.5. The van der Waals surface area contributed by atoms with Gasteiger partial charge >= 0.3 is 0 Å². The molecule has 0 bridgehead atoms. The van der Waals surface area contributed by atoms with Crippen molar-refractivity contribution < 1.29 is 19.1 Å². The van der Waals surface area contributed by atoms with Crippen LogP contribution < -0.4 is 14.8 Å². The van der Waals surface area contributed by atoms with Crippen LogP contribution in [0.1, 0.15) is 17.3 Å². The molecule has 1 amide bonds. The molecule has 1 aliphatic heterocycles. The van der Waals surface area contributed by atoms with E-state index in [0.29, 0.717) is 28.0 Å². The summed E-state index contributed by atoms with van der Waals surface area (Å²) in [5.74, 6) is 1.72. The van der Waals surface area contributed by atoms with Crippen LogP contribution in [0.25, 0.3) is 11.4 Å². The van der Waals surface area contributed by atoms with Crippen molar-refractivity contribution >= 4 is 29.1 Å². The van der Waals surface area contributed by atoms with Gasteiger partial charge < -0.3 is 19.4 Å². The largest absolute Gasteiger partial charge is 0.497 e. The minimum Gasteiger partial charge on any atom is -0.497 e. The molecule has 4 rings (SSSR count). The minimum absolute atomic E-state index is 0.0186. The van der Waals surface area contributed by atoms with Crippen molar-refractivity contribution in [3.05, 3.63) is 48.0 Å². The molecule has 154 valence electrons. The summed E-state index contributed by atoms with van der Waals surface area (Å²) >= 11 is 1.33. The normalized spacial score (nSPS) is 13.8. The topological polar surface area (TPSA) is 95.3 Å². The number of hydrogen-bond donors (Lipinski definition) is 1. The zero-order valence-electron chi connectivity index (χ0n) is 16.7. The fraction of sp³-hybridized carbons (Fsp3) is 0.238. The second-order valence-corrected chi connectivity index (χ2v) is 8.07. The van der Waals surface area contributed by atoms with Gasteiger partial charge in [0.25, 0.3) is 5.91 Å². The summed E-state index contributed by atoms with van der Waals surface area (Å²) in [6, 6.07) is 12.6. The SMILES string of the molecule is COc1ccc(-c2nnc(SC(C)C(=O)c3ccc4c(c3)NC(=O)CO4)n2C)cc1. The van der Waals surface area contributed by atoms with E-state index < -0.39 is 5.25 Å². The van der Waals surface area contributed by atoms with E-state index in [1.807, 2.05) is 42.8 Å². The summed E-state index contributed by atoms with van der Waals surface area (Å²) in [6.45, 7) is 1.80. The van der Waals surface area contributed by atoms with Gasteiger partial charge in [0.1, 0.15) is 11.5 Å². The smallest absolute Gasteiger partial charge is 0.262 e. The van der Waals surface area contributed by atoms with Gasteiger partial charge in [-0.25, -0.2) is 0 Å². The molecule has 9 heteroatoms. The Labute approximate surface area is 177 Å². The fourth-order valence-corrected chi connectivity index (χ4v) is 3.98. The number of amides is 1. The van der Waals surface area contributed by atoms with Gasteiger partial charge in [0, 0.05) is 18.2 Å². The van der Waals surface area contributed by atoms with E-state index in [9.17, 15) is 9.59 Å². The molecular weight excluding hydrogens is 404 g/mol. The van der Waals surface area contributed by atoms with Gasteiger partial charge in [-0.1, -0.05) is 11.8 Å². The first kappa shape index (κ1) is 20.0. The summed E-state index contributed by atoms with van der Waals surface area (Å²) < 4.78 is 12.4. The monoisotopic (exact) mass is 424 g/mol. The quantitative estimate of drug-likeness (QED) is 0.480. The number of Topliss-reactive ketones (excluding diaryl/α,β-unsaturated/α-hetero) is 1. The van der Waals surface area contributed by atoms with E-state index in [-0.39, 0.29) is 18.3 Å². The van der Waals surface area contributed by atoms with Gasteiger partial charge in [0.15, 0.2) is 23.4 Å². The average molecular weight is 424 g/mol. The van der Waals surface area contributed by atoms with Crippen molar-refractivity contribution in [2.24, 2.45) is 7.05 Å². The number of nitrogens with zero attached hydrogens (tertiary/aromatic N) is 3. The van der Waals surface area contributed by atoms with Crippen molar-refractivity contribution in [2.75, 3.05) is 19.0 Å². The lowest BCUT2D eigenvalue weighted by Gasteiger charge is -2.19. The number of carbonyl (C=O) groups excluding carboxylic acids is 2. The number of fused-ring (bicyclic) bond motifs is 1. The molecule has 2 heterocycles. The molecule has 1 atom stereocenters. The summed E-state index contributed by atoms with van der Waals surface area (Å²) in [4.78, 5) is 24.5. The third-order valence-corrected chi connectivity index (χ3v) is 5.87. The third-order valence-electron chi connectivity index (χ3n) is 4.73. The van der Waals surface area contributed by atoms with Gasteiger partial charge in [0.05, 0.1) is 18.0 Å². The van der Waals surface area contributed by atoms with Gasteiger partial charge in [-0.2, -0.15) is 0 Å². The molecule has 30 heavy (non-hydrogen) atoms. The molecule has 1 N–H and O–H groups in total. The highest BCUT2D eigenvalue weighted by Gasteiger charge is 2.23. The maximum absolute atomic E-state index is 12.9. The number of hydrogen-bond acceptors (Lipinski definition) is 7. The van der Waals surface area contributed by atoms with E-state index in [1.165, 1.54) is 11.8 Å². The van der Waals surface area contributed by atoms with Crippen LogP contribution in [0.5, 0.6) is 11.5 Å². The van der Waals surface area contributed by atoms with Crippen LogP contribution in [-0.2, 0) is 11.8 Å². The molecule has 0 saturated carbocycles. The van der Waals surface area contributed by atoms with Crippen molar-refractivity contribution in [2.45, 2.75) is 17.3 Å².